The number of nitrogen functional groups attached to an aromatic ring is 1. The summed E-state index contributed by atoms with van der Waals surface area (Å²) in [5, 5.41) is -0.108. The van der Waals surface area contributed by atoms with Gasteiger partial charge in [-0.2, -0.15) is 0 Å². The summed E-state index contributed by atoms with van der Waals surface area (Å²) in [6, 6.07) is 3.16. The summed E-state index contributed by atoms with van der Waals surface area (Å²) < 4.78 is 32.3. The van der Waals surface area contributed by atoms with Crippen LogP contribution in [0.2, 0.25) is 0 Å². The lowest BCUT2D eigenvalue weighted by Gasteiger charge is -2.40. The molecular weight excluding hydrogens is 268 g/mol. The summed E-state index contributed by atoms with van der Waals surface area (Å²) in [4.78, 5) is 3.86. The normalized spacial score (nSPS) is 17.8. The summed E-state index contributed by atoms with van der Waals surface area (Å²) in [6.45, 7) is 0.242. The highest BCUT2D eigenvalue weighted by molar-refractivity contribution is 7.89. The molecule has 0 atom stereocenters. The van der Waals surface area contributed by atoms with Crippen LogP contribution < -0.4 is 16.0 Å². The SMILES string of the molecule is COC1(CNS(=O)(=O)c2ncccc2NN)CCC1. The number of hydrazine groups is 1. The second kappa shape index (κ2) is 5.41. The molecule has 106 valence electrons. The van der Waals surface area contributed by atoms with Crippen molar-refractivity contribution in [2.24, 2.45) is 5.84 Å². The Labute approximate surface area is 112 Å². The van der Waals surface area contributed by atoms with Gasteiger partial charge in [0.1, 0.15) is 0 Å². The average molecular weight is 286 g/mol. The molecule has 1 heterocycles. The van der Waals surface area contributed by atoms with Gasteiger partial charge in [-0.25, -0.2) is 18.1 Å². The Morgan fingerprint density at radius 2 is 2.26 bits per heavy atom. The molecule has 0 bridgehead atoms. The second-order valence-electron chi connectivity index (χ2n) is 4.57. The van der Waals surface area contributed by atoms with Crippen LogP contribution >= 0.6 is 0 Å². The molecule has 0 amide bonds. The van der Waals surface area contributed by atoms with Crippen molar-refractivity contribution < 1.29 is 13.2 Å². The number of ether oxygens (including phenoxy) is 1. The minimum atomic E-state index is -3.71. The molecule has 0 saturated heterocycles. The summed E-state index contributed by atoms with van der Waals surface area (Å²) in [5.41, 5.74) is 2.21. The second-order valence-corrected chi connectivity index (χ2v) is 6.25. The van der Waals surface area contributed by atoms with Crippen LogP contribution in [0.3, 0.4) is 0 Å². The zero-order chi connectivity index (χ0) is 13.9. The fourth-order valence-electron chi connectivity index (χ4n) is 2.03. The standard InChI is InChI=1S/C11H18N4O3S/c1-18-11(5-3-6-11)8-14-19(16,17)10-9(15-12)4-2-7-13-10/h2,4,7,14-15H,3,5-6,8,12H2,1H3. The number of hydrogen-bond donors (Lipinski definition) is 3. The van der Waals surface area contributed by atoms with E-state index in [-0.39, 0.29) is 22.9 Å². The average Bonchev–Trinajstić information content (AvgIpc) is 2.38. The first kappa shape index (κ1) is 14.2. The lowest BCUT2D eigenvalue weighted by Crippen LogP contribution is -2.49. The predicted octanol–water partition coefficient (Wildman–Crippen LogP) is 0.215. The van der Waals surface area contributed by atoms with E-state index in [0.717, 1.165) is 19.3 Å². The molecule has 0 radical (unpaired) electrons. The summed E-state index contributed by atoms with van der Waals surface area (Å²) in [5.74, 6) is 5.29. The fraction of sp³-hybridized carbons (Fsp3) is 0.545. The molecular formula is C11H18N4O3S. The molecule has 0 unspecified atom stereocenters. The molecule has 1 fully saturated rings. The molecule has 7 nitrogen and oxygen atoms in total. The van der Waals surface area contributed by atoms with Crippen LogP contribution in [0.5, 0.6) is 0 Å². The fourth-order valence-corrected chi connectivity index (χ4v) is 3.24. The van der Waals surface area contributed by atoms with Gasteiger partial charge in [-0.05, 0) is 31.4 Å². The highest BCUT2D eigenvalue weighted by Gasteiger charge is 2.38. The van der Waals surface area contributed by atoms with E-state index in [1.165, 1.54) is 6.20 Å². The first-order valence-electron chi connectivity index (χ1n) is 5.99. The smallest absolute Gasteiger partial charge is 0.260 e. The zero-order valence-corrected chi connectivity index (χ0v) is 11.5. The van der Waals surface area contributed by atoms with Crippen molar-refractivity contribution in [2.45, 2.75) is 29.9 Å². The molecule has 8 heteroatoms. The Balaban J connectivity index is 2.14. The number of nitrogens with zero attached hydrogens (tertiary/aromatic N) is 1. The molecule has 1 aromatic rings. The highest BCUT2D eigenvalue weighted by Crippen LogP contribution is 2.34. The maximum absolute atomic E-state index is 12.2. The summed E-state index contributed by atoms with van der Waals surface area (Å²) in [7, 11) is -2.11. The van der Waals surface area contributed by atoms with Gasteiger partial charge < -0.3 is 10.2 Å². The van der Waals surface area contributed by atoms with E-state index in [9.17, 15) is 8.42 Å². The van der Waals surface area contributed by atoms with Crippen molar-refractivity contribution in [1.82, 2.24) is 9.71 Å². The Morgan fingerprint density at radius 3 is 2.79 bits per heavy atom. The molecule has 0 aliphatic heterocycles. The number of rotatable bonds is 6. The number of nitrogens with two attached hydrogens (primary N) is 1. The van der Waals surface area contributed by atoms with Gasteiger partial charge in [0.25, 0.3) is 10.0 Å². The number of anilines is 1. The lowest BCUT2D eigenvalue weighted by molar-refractivity contribution is -0.0659. The van der Waals surface area contributed by atoms with Gasteiger partial charge in [0.15, 0.2) is 5.03 Å². The van der Waals surface area contributed by atoms with E-state index in [2.05, 4.69) is 15.1 Å². The number of nitrogens with one attached hydrogen (secondary N) is 2. The molecule has 1 aliphatic carbocycles. The molecule has 19 heavy (non-hydrogen) atoms. The minimum Gasteiger partial charge on any atom is -0.377 e. The predicted molar refractivity (Wildman–Crippen MR) is 70.8 cm³/mol. The third-order valence-electron chi connectivity index (χ3n) is 3.46. The summed E-state index contributed by atoms with van der Waals surface area (Å²) >= 11 is 0. The van der Waals surface area contributed by atoms with E-state index in [1.54, 1.807) is 19.2 Å². The molecule has 1 aliphatic rings. The molecule has 2 rings (SSSR count). The molecule has 4 N–H and O–H groups in total. The number of methoxy groups -OCH3 is 1. The highest BCUT2D eigenvalue weighted by atomic mass is 32.2. The Kier molecular flexibility index (Phi) is 4.04. The van der Waals surface area contributed by atoms with Gasteiger partial charge in [-0.3, -0.25) is 5.84 Å². The summed E-state index contributed by atoms with van der Waals surface area (Å²) in [6.07, 6.45) is 4.17. The van der Waals surface area contributed by atoms with Gasteiger partial charge >= 0.3 is 0 Å². The van der Waals surface area contributed by atoms with Crippen LogP contribution in [-0.2, 0) is 14.8 Å². The van der Waals surface area contributed by atoms with Crippen LogP contribution in [0, 0.1) is 0 Å². The topological polar surface area (TPSA) is 106 Å². The maximum Gasteiger partial charge on any atom is 0.260 e. The van der Waals surface area contributed by atoms with Crippen LogP contribution in [0.1, 0.15) is 19.3 Å². The quantitative estimate of drug-likeness (QED) is 0.510. The van der Waals surface area contributed by atoms with Crippen molar-refractivity contribution in [3.05, 3.63) is 18.3 Å². The van der Waals surface area contributed by atoms with Crippen molar-refractivity contribution in [3.8, 4) is 0 Å². The van der Waals surface area contributed by atoms with Crippen LogP contribution in [0.25, 0.3) is 0 Å². The van der Waals surface area contributed by atoms with Crippen LogP contribution in [0.15, 0.2) is 23.4 Å². The van der Waals surface area contributed by atoms with E-state index in [0.29, 0.717) is 0 Å². The number of hydrogen-bond acceptors (Lipinski definition) is 6. The molecule has 1 aromatic heterocycles. The monoisotopic (exact) mass is 286 g/mol. The van der Waals surface area contributed by atoms with Crippen LogP contribution in [0.4, 0.5) is 5.69 Å². The lowest BCUT2D eigenvalue weighted by atomic mass is 9.80. The van der Waals surface area contributed by atoms with E-state index < -0.39 is 10.0 Å². The van der Waals surface area contributed by atoms with E-state index in [4.69, 9.17) is 10.6 Å². The van der Waals surface area contributed by atoms with Gasteiger partial charge in [-0.15, -0.1) is 0 Å². The van der Waals surface area contributed by atoms with Crippen LogP contribution in [-0.4, -0.2) is 32.7 Å². The van der Waals surface area contributed by atoms with Crippen molar-refractivity contribution in [2.75, 3.05) is 19.1 Å². The Bertz CT molecular complexity index is 537. The number of pyridine rings is 1. The third kappa shape index (κ3) is 2.86. The first-order valence-corrected chi connectivity index (χ1v) is 7.48. The van der Waals surface area contributed by atoms with Crippen molar-refractivity contribution in [1.29, 1.82) is 0 Å². The number of sulfonamides is 1. The zero-order valence-electron chi connectivity index (χ0n) is 10.7. The molecule has 0 spiro atoms. The van der Waals surface area contributed by atoms with Gasteiger partial charge in [-0.1, -0.05) is 0 Å². The van der Waals surface area contributed by atoms with Gasteiger partial charge in [0, 0.05) is 19.9 Å². The van der Waals surface area contributed by atoms with Gasteiger partial charge in [0.05, 0.1) is 11.3 Å². The number of aromatic nitrogens is 1. The maximum atomic E-state index is 12.2. The van der Waals surface area contributed by atoms with E-state index >= 15 is 0 Å². The largest absolute Gasteiger partial charge is 0.377 e. The van der Waals surface area contributed by atoms with Gasteiger partial charge in [0.2, 0.25) is 0 Å². The third-order valence-corrected chi connectivity index (χ3v) is 4.82. The first-order chi connectivity index (χ1) is 9.03. The Hall–Kier alpha value is -1.22. The minimum absolute atomic E-state index is 0.108. The van der Waals surface area contributed by atoms with Crippen molar-refractivity contribution >= 4 is 15.7 Å². The molecule has 0 aromatic carbocycles. The molecule has 1 saturated carbocycles. The van der Waals surface area contributed by atoms with E-state index in [1.807, 2.05) is 0 Å². The Morgan fingerprint density at radius 1 is 1.53 bits per heavy atom. The van der Waals surface area contributed by atoms with Crippen molar-refractivity contribution in [3.63, 3.8) is 0 Å².